The van der Waals surface area contributed by atoms with Gasteiger partial charge in [0.1, 0.15) is 0 Å². The van der Waals surface area contributed by atoms with E-state index in [1.165, 1.54) is 6.92 Å². The number of rotatable bonds is 6. The van der Waals surface area contributed by atoms with Crippen LogP contribution < -0.4 is 0 Å². The molecule has 2 aromatic rings. The third kappa shape index (κ3) is 3.98. The molecule has 0 saturated carbocycles. The first-order chi connectivity index (χ1) is 10.9. The maximum atomic E-state index is 11.9. The van der Waals surface area contributed by atoms with Crippen LogP contribution in [0.25, 0.3) is 11.4 Å². The Labute approximate surface area is 139 Å². The lowest BCUT2D eigenvalue weighted by molar-refractivity contribution is -0.144. The molecule has 7 heteroatoms. The van der Waals surface area contributed by atoms with Gasteiger partial charge in [0, 0.05) is 12.6 Å². The van der Waals surface area contributed by atoms with Gasteiger partial charge in [-0.2, -0.15) is 0 Å². The number of esters is 1. The molecule has 0 N–H and O–H groups in total. The van der Waals surface area contributed by atoms with Crippen molar-refractivity contribution in [2.45, 2.75) is 31.2 Å². The molecular weight excluding hydrogens is 314 g/mol. The summed E-state index contributed by atoms with van der Waals surface area (Å²) in [7, 11) is 1.81. The minimum Gasteiger partial charge on any atom is -0.465 e. The number of ether oxygens (including phenoxy) is 1. The summed E-state index contributed by atoms with van der Waals surface area (Å²) in [6, 6.07) is 7.90. The average Bonchev–Trinajstić information content (AvgIpc) is 2.85. The highest BCUT2D eigenvalue weighted by Gasteiger charge is 2.28. The van der Waals surface area contributed by atoms with Crippen LogP contribution in [0.15, 0.2) is 29.4 Å². The molecule has 1 aromatic heterocycles. The van der Waals surface area contributed by atoms with Crippen LogP contribution in [0.4, 0.5) is 0 Å². The SMILES string of the molecule is CCOC(=O)C(Sc1nnc(-c2cccc(C)c2)n1C)C(C)=O. The summed E-state index contributed by atoms with van der Waals surface area (Å²) in [4.78, 5) is 23.6. The van der Waals surface area contributed by atoms with E-state index in [1.54, 1.807) is 11.5 Å². The summed E-state index contributed by atoms with van der Waals surface area (Å²) < 4.78 is 6.72. The van der Waals surface area contributed by atoms with Crippen molar-refractivity contribution in [1.82, 2.24) is 14.8 Å². The standard InChI is InChI=1S/C16H19N3O3S/c1-5-22-15(21)13(11(3)20)23-16-18-17-14(19(16)4)12-8-6-7-10(2)9-12/h6-9,13H,5H2,1-4H3. The smallest absolute Gasteiger partial charge is 0.327 e. The molecule has 1 heterocycles. The summed E-state index contributed by atoms with van der Waals surface area (Å²) in [6.07, 6.45) is 0. The molecule has 0 bridgehead atoms. The Balaban J connectivity index is 2.28. The predicted molar refractivity (Wildman–Crippen MR) is 88.1 cm³/mol. The van der Waals surface area contributed by atoms with Gasteiger partial charge in [0.25, 0.3) is 0 Å². The van der Waals surface area contributed by atoms with Crippen molar-refractivity contribution in [2.75, 3.05) is 6.61 Å². The number of carbonyl (C=O) groups excluding carboxylic acids is 2. The van der Waals surface area contributed by atoms with Gasteiger partial charge >= 0.3 is 5.97 Å². The fraction of sp³-hybridized carbons (Fsp3) is 0.375. The number of aryl methyl sites for hydroxylation is 1. The number of Topliss-reactive ketones (excluding diaryl/α,β-unsaturated/α-hetero) is 1. The molecule has 122 valence electrons. The molecule has 0 radical (unpaired) electrons. The lowest BCUT2D eigenvalue weighted by Crippen LogP contribution is -2.27. The molecule has 0 aliphatic heterocycles. The van der Waals surface area contributed by atoms with Crippen LogP contribution >= 0.6 is 11.8 Å². The quantitative estimate of drug-likeness (QED) is 0.459. The molecular formula is C16H19N3O3S. The summed E-state index contributed by atoms with van der Waals surface area (Å²) >= 11 is 1.06. The van der Waals surface area contributed by atoms with Crippen molar-refractivity contribution in [2.24, 2.45) is 7.05 Å². The fourth-order valence-corrected chi connectivity index (χ4v) is 2.95. The van der Waals surface area contributed by atoms with Crippen molar-refractivity contribution < 1.29 is 14.3 Å². The number of hydrogen-bond donors (Lipinski definition) is 0. The molecule has 1 atom stereocenters. The van der Waals surface area contributed by atoms with Crippen molar-refractivity contribution in [3.8, 4) is 11.4 Å². The van der Waals surface area contributed by atoms with E-state index >= 15 is 0 Å². The molecule has 0 fully saturated rings. The van der Waals surface area contributed by atoms with Crippen LogP contribution in [-0.4, -0.2) is 38.4 Å². The number of benzene rings is 1. The van der Waals surface area contributed by atoms with Crippen LogP contribution in [0, 0.1) is 6.92 Å². The molecule has 6 nitrogen and oxygen atoms in total. The summed E-state index contributed by atoms with van der Waals surface area (Å²) in [5.41, 5.74) is 2.05. The van der Waals surface area contributed by atoms with Gasteiger partial charge in [0.05, 0.1) is 6.61 Å². The minimum atomic E-state index is -0.928. The van der Waals surface area contributed by atoms with E-state index < -0.39 is 11.2 Å². The Hall–Kier alpha value is -2.15. The second-order valence-electron chi connectivity index (χ2n) is 5.10. The van der Waals surface area contributed by atoms with Gasteiger partial charge < -0.3 is 9.30 Å². The van der Waals surface area contributed by atoms with Crippen LogP contribution in [0.2, 0.25) is 0 Å². The van der Waals surface area contributed by atoms with Gasteiger partial charge in [0.2, 0.25) is 0 Å². The highest BCUT2D eigenvalue weighted by Crippen LogP contribution is 2.27. The van der Waals surface area contributed by atoms with Gasteiger partial charge in [-0.25, -0.2) is 0 Å². The molecule has 2 rings (SSSR count). The first-order valence-corrected chi connectivity index (χ1v) is 8.12. The third-order valence-electron chi connectivity index (χ3n) is 3.20. The van der Waals surface area contributed by atoms with E-state index in [4.69, 9.17) is 4.74 Å². The summed E-state index contributed by atoms with van der Waals surface area (Å²) in [5, 5.41) is 7.84. The zero-order valence-electron chi connectivity index (χ0n) is 13.6. The zero-order valence-corrected chi connectivity index (χ0v) is 14.4. The maximum absolute atomic E-state index is 11.9. The van der Waals surface area contributed by atoms with E-state index in [1.807, 2.05) is 38.2 Å². The topological polar surface area (TPSA) is 74.1 Å². The Morgan fingerprint density at radius 1 is 1.35 bits per heavy atom. The molecule has 0 saturated heterocycles. The van der Waals surface area contributed by atoms with E-state index in [2.05, 4.69) is 10.2 Å². The second kappa shape index (κ2) is 7.41. The van der Waals surface area contributed by atoms with Gasteiger partial charge in [-0.05, 0) is 26.8 Å². The van der Waals surface area contributed by atoms with Gasteiger partial charge in [-0.1, -0.05) is 35.5 Å². The Morgan fingerprint density at radius 2 is 2.09 bits per heavy atom. The van der Waals surface area contributed by atoms with E-state index in [9.17, 15) is 9.59 Å². The zero-order chi connectivity index (χ0) is 17.0. The Kier molecular flexibility index (Phi) is 5.54. The van der Waals surface area contributed by atoms with E-state index in [-0.39, 0.29) is 12.4 Å². The van der Waals surface area contributed by atoms with E-state index in [0.717, 1.165) is 22.9 Å². The van der Waals surface area contributed by atoms with Crippen LogP contribution in [-0.2, 0) is 21.4 Å². The predicted octanol–water partition coefficient (Wildman–Crippen LogP) is 2.40. The molecule has 1 aromatic carbocycles. The number of carbonyl (C=O) groups is 2. The number of thioether (sulfide) groups is 1. The summed E-state index contributed by atoms with van der Waals surface area (Å²) in [6.45, 7) is 5.31. The third-order valence-corrected chi connectivity index (χ3v) is 4.53. The molecule has 0 spiro atoms. The molecule has 0 aliphatic rings. The van der Waals surface area contributed by atoms with E-state index in [0.29, 0.717) is 11.0 Å². The first kappa shape index (κ1) is 17.2. The Bertz CT molecular complexity index is 727. The summed E-state index contributed by atoms with van der Waals surface area (Å²) in [5.74, 6) is -0.138. The molecule has 0 amide bonds. The number of hydrogen-bond acceptors (Lipinski definition) is 6. The van der Waals surface area contributed by atoms with Crippen molar-refractivity contribution >= 4 is 23.5 Å². The molecule has 0 aliphatic carbocycles. The molecule has 1 unspecified atom stereocenters. The van der Waals surface area contributed by atoms with Gasteiger partial charge in [0.15, 0.2) is 22.0 Å². The second-order valence-corrected chi connectivity index (χ2v) is 6.17. The van der Waals surface area contributed by atoms with Crippen molar-refractivity contribution in [3.63, 3.8) is 0 Å². The lowest BCUT2D eigenvalue weighted by Gasteiger charge is -2.11. The van der Waals surface area contributed by atoms with Crippen molar-refractivity contribution in [1.29, 1.82) is 0 Å². The number of nitrogens with zero attached hydrogens (tertiary/aromatic N) is 3. The monoisotopic (exact) mass is 333 g/mol. The van der Waals surface area contributed by atoms with Gasteiger partial charge in [-0.15, -0.1) is 10.2 Å². The minimum absolute atomic E-state index is 0.233. The normalized spacial score (nSPS) is 12.0. The highest BCUT2D eigenvalue weighted by atomic mass is 32.2. The fourth-order valence-electron chi connectivity index (χ4n) is 2.07. The highest BCUT2D eigenvalue weighted by molar-refractivity contribution is 8.01. The lowest BCUT2D eigenvalue weighted by atomic mass is 10.1. The van der Waals surface area contributed by atoms with Gasteiger partial charge in [-0.3, -0.25) is 9.59 Å². The molecule has 23 heavy (non-hydrogen) atoms. The maximum Gasteiger partial charge on any atom is 0.327 e. The Morgan fingerprint density at radius 3 is 2.70 bits per heavy atom. The van der Waals surface area contributed by atoms with Crippen LogP contribution in [0.5, 0.6) is 0 Å². The van der Waals surface area contributed by atoms with Crippen LogP contribution in [0.1, 0.15) is 19.4 Å². The number of ketones is 1. The number of aromatic nitrogens is 3. The van der Waals surface area contributed by atoms with Crippen molar-refractivity contribution in [3.05, 3.63) is 29.8 Å². The largest absolute Gasteiger partial charge is 0.465 e. The van der Waals surface area contributed by atoms with Crippen LogP contribution in [0.3, 0.4) is 0 Å². The average molecular weight is 333 g/mol. The first-order valence-electron chi connectivity index (χ1n) is 7.24.